The van der Waals surface area contributed by atoms with Gasteiger partial charge in [-0.3, -0.25) is 9.59 Å². The van der Waals surface area contributed by atoms with Crippen LogP contribution in [0.1, 0.15) is 41.3 Å². The predicted octanol–water partition coefficient (Wildman–Crippen LogP) is 2.65. The number of likely N-dealkylation sites (tertiary alicyclic amines) is 1. The number of hydrogen-bond acceptors (Lipinski definition) is 3. The maximum atomic E-state index is 12.4. The highest BCUT2D eigenvalue weighted by molar-refractivity contribution is 5.95. The molecule has 1 aromatic rings. The summed E-state index contributed by atoms with van der Waals surface area (Å²) in [4.78, 5) is 25.7. The lowest BCUT2D eigenvalue weighted by atomic mass is 10.0. The van der Waals surface area contributed by atoms with Crippen molar-refractivity contribution in [2.45, 2.75) is 46.3 Å². The minimum atomic E-state index is -2.90. The Balaban J connectivity index is 2.02. The van der Waals surface area contributed by atoms with Crippen molar-refractivity contribution in [2.24, 2.45) is 0 Å². The van der Waals surface area contributed by atoms with E-state index in [0.29, 0.717) is 29.7 Å². The average Bonchev–Trinajstić information content (AvgIpc) is 2.87. The first-order chi connectivity index (χ1) is 11.3. The summed E-state index contributed by atoms with van der Waals surface area (Å²) >= 11 is 0. The molecule has 0 unspecified atom stereocenters. The number of alkyl halides is 2. The molecule has 132 valence electrons. The van der Waals surface area contributed by atoms with Gasteiger partial charge in [-0.05, 0) is 50.5 Å². The Morgan fingerprint density at radius 3 is 2.46 bits per heavy atom. The molecule has 2 rings (SSSR count). The summed E-state index contributed by atoms with van der Waals surface area (Å²) in [5, 5.41) is 2.84. The molecule has 0 aromatic heterocycles. The average molecular weight is 340 g/mol. The van der Waals surface area contributed by atoms with Gasteiger partial charge in [0.05, 0.1) is 0 Å². The minimum Gasteiger partial charge on any atom is -0.434 e. The fourth-order valence-electron chi connectivity index (χ4n) is 2.94. The Kier molecular flexibility index (Phi) is 5.75. The summed E-state index contributed by atoms with van der Waals surface area (Å²) in [6.45, 7) is 3.35. The molecule has 7 heteroatoms. The quantitative estimate of drug-likeness (QED) is 0.866. The molecule has 24 heavy (non-hydrogen) atoms. The van der Waals surface area contributed by atoms with Gasteiger partial charge in [0.2, 0.25) is 5.91 Å². The lowest BCUT2D eigenvalue weighted by Crippen LogP contribution is -2.42. The molecule has 1 atom stereocenters. The number of carbonyl (C=O) groups is 2. The molecule has 1 N–H and O–H groups in total. The van der Waals surface area contributed by atoms with E-state index in [1.807, 2.05) is 6.92 Å². The van der Waals surface area contributed by atoms with Crippen molar-refractivity contribution in [3.63, 3.8) is 0 Å². The van der Waals surface area contributed by atoms with Crippen LogP contribution in [0.15, 0.2) is 12.1 Å². The zero-order valence-electron chi connectivity index (χ0n) is 14.1. The van der Waals surface area contributed by atoms with Crippen LogP contribution < -0.4 is 10.1 Å². The summed E-state index contributed by atoms with van der Waals surface area (Å²) in [5.74, 6) is -0.0995. The van der Waals surface area contributed by atoms with E-state index in [-0.39, 0.29) is 23.6 Å². The molecule has 0 spiro atoms. The van der Waals surface area contributed by atoms with Crippen LogP contribution in [-0.2, 0) is 4.79 Å². The fraction of sp³-hybridized carbons (Fsp3) is 0.529. The molecule has 2 amide bonds. The number of hydrogen-bond donors (Lipinski definition) is 1. The van der Waals surface area contributed by atoms with Gasteiger partial charge in [0.1, 0.15) is 5.75 Å². The van der Waals surface area contributed by atoms with Gasteiger partial charge in [-0.15, -0.1) is 0 Å². The molecule has 1 saturated heterocycles. The van der Waals surface area contributed by atoms with E-state index in [1.54, 1.807) is 18.7 Å². The van der Waals surface area contributed by atoms with E-state index in [9.17, 15) is 18.4 Å². The zero-order valence-corrected chi connectivity index (χ0v) is 14.1. The Hall–Kier alpha value is -2.18. The van der Waals surface area contributed by atoms with Crippen LogP contribution in [-0.4, -0.2) is 42.5 Å². The maximum Gasteiger partial charge on any atom is 0.387 e. The largest absolute Gasteiger partial charge is 0.434 e. The zero-order chi connectivity index (χ0) is 17.9. The second-order valence-corrected chi connectivity index (χ2v) is 6.14. The summed E-state index contributed by atoms with van der Waals surface area (Å²) in [6.07, 6.45) is 1.41. The van der Waals surface area contributed by atoms with E-state index in [0.717, 1.165) is 13.0 Å². The third-order valence-corrected chi connectivity index (χ3v) is 3.97. The highest BCUT2D eigenvalue weighted by Gasteiger charge is 2.23. The summed E-state index contributed by atoms with van der Waals surface area (Å²) in [5.41, 5.74) is 1.33. The van der Waals surface area contributed by atoms with Gasteiger partial charge in [-0.25, -0.2) is 0 Å². The van der Waals surface area contributed by atoms with Crippen molar-refractivity contribution in [1.82, 2.24) is 10.2 Å². The standard InChI is InChI=1S/C17H22F2N2O3/c1-10-7-13(8-11(2)15(10)24-17(18)19)16(23)20-12(3)9-21-6-4-5-14(21)22/h7-8,12,17H,4-6,9H2,1-3H3,(H,20,23)/t12-/m0/s1. The van der Waals surface area contributed by atoms with Gasteiger partial charge >= 0.3 is 6.61 Å². The number of nitrogens with one attached hydrogen (secondary N) is 1. The van der Waals surface area contributed by atoms with Crippen molar-refractivity contribution < 1.29 is 23.1 Å². The number of carbonyl (C=O) groups excluding carboxylic acids is 2. The lowest BCUT2D eigenvalue weighted by molar-refractivity contribution is -0.127. The van der Waals surface area contributed by atoms with Crippen molar-refractivity contribution in [2.75, 3.05) is 13.1 Å². The van der Waals surface area contributed by atoms with Crippen LogP contribution in [0, 0.1) is 13.8 Å². The molecular weight excluding hydrogens is 318 g/mol. The van der Waals surface area contributed by atoms with Crippen LogP contribution in [0.4, 0.5) is 8.78 Å². The van der Waals surface area contributed by atoms with Gasteiger partial charge < -0.3 is 15.0 Å². The Morgan fingerprint density at radius 1 is 1.33 bits per heavy atom. The molecule has 0 saturated carbocycles. The number of amides is 2. The Labute approximate surface area is 140 Å². The first-order valence-corrected chi connectivity index (χ1v) is 7.92. The van der Waals surface area contributed by atoms with Crippen molar-refractivity contribution in [3.05, 3.63) is 28.8 Å². The molecule has 5 nitrogen and oxygen atoms in total. The number of ether oxygens (including phenoxy) is 1. The first-order valence-electron chi connectivity index (χ1n) is 7.92. The normalized spacial score (nSPS) is 15.8. The molecule has 1 aliphatic rings. The minimum absolute atomic E-state index is 0.0947. The van der Waals surface area contributed by atoms with E-state index in [2.05, 4.69) is 10.1 Å². The van der Waals surface area contributed by atoms with Crippen molar-refractivity contribution in [1.29, 1.82) is 0 Å². The molecule has 0 aliphatic carbocycles. The third-order valence-electron chi connectivity index (χ3n) is 3.97. The van der Waals surface area contributed by atoms with Crippen LogP contribution in [0.2, 0.25) is 0 Å². The van der Waals surface area contributed by atoms with Gasteiger partial charge in [-0.1, -0.05) is 0 Å². The molecule has 1 aliphatic heterocycles. The van der Waals surface area contributed by atoms with Gasteiger partial charge in [0, 0.05) is 31.1 Å². The number of halogens is 2. The third kappa shape index (κ3) is 4.43. The van der Waals surface area contributed by atoms with E-state index in [4.69, 9.17) is 0 Å². The molecule has 1 heterocycles. The van der Waals surface area contributed by atoms with Crippen LogP contribution in [0.5, 0.6) is 5.75 Å². The highest BCUT2D eigenvalue weighted by atomic mass is 19.3. The highest BCUT2D eigenvalue weighted by Crippen LogP contribution is 2.26. The molecule has 0 bridgehead atoms. The van der Waals surface area contributed by atoms with Crippen LogP contribution in [0.3, 0.4) is 0 Å². The maximum absolute atomic E-state index is 12.4. The lowest BCUT2D eigenvalue weighted by Gasteiger charge is -2.22. The van der Waals surface area contributed by atoms with E-state index < -0.39 is 6.61 Å². The second-order valence-electron chi connectivity index (χ2n) is 6.14. The molecule has 1 fully saturated rings. The monoisotopic (exact) mass is 340 g/mol. The first kappa shape index (κ1) is 18.2. The number of aryl methyl sites for hydroxylation is 2. The van der Waals surface area contributed by atoms with Crippen LogP contribution in [0.25, 0.3) is 0 Å². The summed E-state index contributed by atoms with van der Waals surface area (Å²) in [6, 6.07) is 2.85. The van der Waals surface area contributed by atoms with Crippen molar-refractivity contribution in [3.8, 4) is 5.75 Å². The van der Waals surface area contributed by atoms with E-state index in [1.165, 1.54) is 12.1 Å². The Bertz CT molecular complexity index is 611. The van der Waals surface area contributed by atoms with Gasteiger partial charge in [0.25, 0.3) is 5.91 Å². The number of rotatable bonds is 6. The SMILES string of the molecule is Cc1cc(C(=O)N[C@@H](C)CN2CCCC2=O)cc(C)c1OC(F)F. The number of nitrogens with zero attached hydrogens (tertiary/aromatic N) is 1. The summed E-state index contributed by atoms with van der Waals surface area (Å²) < 4.78 is 29.3. The summed E-state index contributed by atoms with van der Waals surface area (Å²) in [7, 11) is 0. The smallest absolute Gasteiger partial charge is 0.387 e. The van der Waals surface area contributed by atoms with Gasteiger partial charge in [0.15, 0.2) is 0 Å². The van der Waals surface area contributed by atoms with Crippen LogP contribution >= 0.6 is 0 Å². The molecule has 0 radical (unpaired) electrons. The molecular formula is C17H22F2N2O3. The second kappa shape index (κ2) is 7.59. The number of benzene rings is 1. The van der Waals surface area contributed by atoms with Crippen molar-refractivity contribution >= 4 is 11.8 Å². The predicted molar refractivity (Wildman–Crippen MR) is 85.3 cm³/mol. The van der Waals surface area contributed by atoms with Gasteiger partial charge in [-0.2, -0.15) is 8.78 Å². The van der Waals surface area contributed by atoms with E-state index >= 15 is 0 Å². The molecule has 1 aromatic carbocycles. The Morgan fingerprint density at radius 2 is 1.96 bits per heavy atom. The fourth-order valence-corrected chi connectivity index (χ4v) is 2.94. The topological polar surface area (TPSA) is 58.6 Å².